The van der Waals surface area contributed by atoms with Gasteiger partial charge in [0.15, 0.2) is 0 Å². The molecule has 2 aliphatic heterocycles. The Hall–Kier alpha value is -4.03. The minimum atomic E-state index is -0.590. The van der Waals surface area contributed by atoms with E-state index >= 15 is 0 Å². The van der Waals surface area contributed by atoms with Gasteiger partial charge in [-0.3, -0.25) is 29.8 Å². The zero-order valence-electron chi connectivity index (χ0n) is 21.1. The topological polar surface area (TPSA) is 130 Å². The third-order valence-electron chi connectivity index (χ3n) is 6.32. The van der Waals surface area contributed by atoms with Gasteiger partial charge in [-0.1, -0.05) is 23.7 Å². The molecule has 13 heteroatoms. The molecule has 0 saturated carbocycles. The molecule has 39 heavy (non-hydrogen) atoms. The first-order chi connectivity index (χ1) is 18.7. The maximum Gasteiger partial charge on any atom is 0.326 e. The lowest BCUT2D eigenvalue weighted by Crippen LogP contribution is -2.55. The number of nitro benzene ring substituents is 1. The number of nitrogens with one attached hydrogen (secondary N) is 1. The van der Waals surface area contributed by atoms with Crippen molar-refractivity contribution in [1.29, 1.82) is 0 Å². The fourth-order valence-corrected chi connectivity index (χ4v) is 5.50. The predicted octanol–water partition coefficient (Wildman–Crippen LogP) is 4.59. The first-order valence-electron chi connectivity index (χ1n) is 12.2. The minimum Gasteiger partial charge on any atom is -0.490 e. The van der Waals surface area contributed by atoms with Crippen LogP contribution in [0.5, 0.6) is 5.75 Å². The molecule has 2 atom stereocenters. The number of benzene rings is 2. The van der Waals surface area contributed by atoms with E-state index in [9.17, 15) is 19.7 Å². The van der Waals surface area contributed by atoms with Crippen molar-refractivity contribution in [2.24, 2.45) is 4.99 Å². The number of piperazine rings is 1. The Kier molecular flexibility index (Phi) is 7.49. The number of halogens is 1. The highest BCUT2D eigenvalue weighted by atomic mass is 35.5. The van der Waals surface area contributed by atoms with Crippen LogP contribution in [-0.4, -0.2) is 63.2 Å². The number of nitrogens with zero attached hydrogens (tertiary/aromatic N) is 5. The number of thiazole rings is 1. The van der Waals surface area contributed by atoms with Gasteiger partial charge in [0.2, 0.25) is 5.91 Å². The van der Waals surface area contributed by atoms with Crippen molar-refractivity contribution in [2.75, 3.05) is 19.6 Å². The molecule has 3 amide bonds. The molecule has 1 saturated heterocycles. The van der Waals surface area contributed by atoms with Crippen LogP contribution in [0.2, 0.25) is 5.02 Å². The SMILES string of the molecule is CC(C)Oc1cc([N+](=O)[O-])ccc1C1=NC(c2ccc(Cl)cc2)C(c2cncs2)N1C(=O)N1CCNC(=O)C1. The molecule has 0 aliphatic carbocycles. The van der Waals surface area contributed by atoms with Crippen molar-refractivity contribution >= 4 is 46.4 Å². The second-order valence-corrected chi connectivity index (χ2v) is 10.7. The summed E-state index contributed by atoms with van der Waals surface area (Å²) < 4.78 is 5.99. The summed E-state index contributed by atoms with van der Waals surface area (Å²) in [5, 5.41) is 14.8. The normalized spacial score (nSPS) is 19.2. The Bertz CT molecular complexity index is 1430. The first kappa shape index (κ1) is 26.6. The fraction of sp³-hybridized carbons (Fsp3) is 0.308. The number of urea groups is 1. The Morgan fingerprint density at radius 1 is 1.26 bits per heavy atom. The highest BCUT2D eigenvalue weighted by Gasteiger charge is 2.46. The molecule has 0 bridgehead atoms. The number of amidine groups is 1. The Labute approximate surface area is 233 Å². The second kappa shape index (κ2) is 11.0. The average Bonchev–Trinajstić information content (AvgIpc) is 3.56. The second-order valence-electron chi connectivity index (χ2n) is 9.33. The van der Waals surface area contributed by atoms with Crippen molar-refractivity contribution in [3.63, 3.8) is 0 Å². The van der Waals surface area contributed by atoms with Crippen LogP contribution in [0.25, 0.3) is 0 Å². The van der Waals surface area contributed by atoms with Crippen molar-refractivity contribution in [3.8, 4) is 5.75 Å². The van der Waals surface area contributed by atoms with Crippen LogP contribution in [0.15, 0.2) is 59.2 Å². The number of amides is 3. The molecule has 11 nitrogen and oxygen atoms in total. The molecule has 2 unspecified atom stereocenters. The van der Waals surface area contributed by atoms with E-state index in [0.717, 1.165) is 10.4 Å². The van der Waals surface area contributed by atoms with Gasteiger partial charge in [-0.2, -0.15) is 0 Å². The van der Waals surface area contributed by atoms with Crippen LogP contribution in [-0.2, 0) is 4.79 Å². The molecule has 0 spiro atoms. The molecule has 3 aromatic rings. The Morgan fingerprint density at radius 2 is 2.03 bits per heavy atom. The lowest BCUT2D eigenvalue weighted by Gasteiger charge is -2.35. The van der Waals surface area contributed by atoms with Gasteiger partial charge in [0.1, 0.15) is 30.2 Å². The van der Waals surface area contributed by atoms with Crippen LogP contribution in [0.1, 0.15) is 41.9 Å². The number of non-ortho nitro benzene ring substituents is 1. The van der Waals surface area contributed by atoms with Crippen molar-refractivity contribution < 1.29 is 19.2 Å². The molecule has 1 N–H and O–H groups in total. The molecular formula is C26H25ClN6O5S. The molecule has 0 radical (unpaired) electrons. The highest BCUT2D eigenvalue weighted by Crippen LogP contribution is 2.46. The van der Waals surface area contributed by atoms with Gasteiger partial charge in [0.05, 0.1) is 33.0 Å². The average molecular weight is 569 g/mol. The van der Waals surface area contributed by atoms with E-state index in [-0.39, 0.29) is 35.8 Å². The summed E-state index contributed by atoms with van der Waals surface area (Å²) >= 11 is 7.54. The van der Waals surface area contributed by atoms with Crippen LogP contribution >= 0.6 is 22.9 Å². The van der Waals surface area contributed by atoms with Crippen LogP contribution in [0, 0.1) is 10.1 Å². The summed E-state index contributed by atoms with van der Waals surface area (Å²) in [4.78, 5) is 50.5. The van der Waals surface area contributed by atoms with E-state index in [0.29, 0.717) is 23.7 Å². The maximum atomic E-state index is 14.2. The van der Waals surface area contributed by atoms with Crippen molar-refractivity contribution in [2.45, 2.75) is 32.0 Å². The van der Waals surface area contributed by atoms with E-state index in [1.165, 1.54) is 28.4 Å². The number of hydrogen-bond donors (Lipinski definition) is 1. The standard InChI is InChI=1S/C26H25ClN6O5S/c1-15(2)38-20-11-18(33(36)37)7-8-19(20)25-30-23(16-3-5-17(27)6-4-16)24(21-12-28-14-39-21)32(25)26(35)31-10-9-29-22(34)13-31/h3-8,11-12,14-15,23-24H,9-10,13H2,1-2H3,(H,29,34). The number of ether oxygens (including phenoxy) is 1. The number of aromatic nitrogens is 1. The molecule has 5 rings (SSSR count). The summed E-state index contributed by atoms with van der Waals surface area (Å²) in [6.45, 7) is 4.18. The Morgan fingerprint density at radius 3 is 2.67 bits per heavy atom. The van der Waals surface area contributed by atoms with E-state index in [2.05, 4.69) is 10.3 Å². The van der Waals surface area contributed by atoms with Gasteiger partial charge in [-0.25, -0.2) is 4.79 Å². The molecule has 2 aliphatic rings. The maximum absolute atomic E-state index is 14.2. The smallest absolute Gasteiger partial charge is 0.326 e. The molecule has 202 valence electrons. The van der Waals surface area contributed by atoms with Crippen LogP contribution in [0.4, 0.5) is 10.5 Å². The van der Waals surface area contributed by atoms with E-state index < -0.39 is 23.0 Å². The number of aliphatic imine (C=N–C) groups is 1. The molecule has 3 heterocycles. The first-order valence-corrected chi connectivity index (χ1v) is 13.5. The minimum absolute atomic E-state index is 0.0980. The lowest BCUT2D eigenvalue weighted by atomic mass is 9.99. The third-order valence-corrected chi connectivity index (χ3v) is 7.41. The molecule has 1 aromatic heterocycles. The van der Waals surface area contributed by atoms with Gasteiger partial charge in [-0.05, 0) is 37.6 Å². The van der Waals surface area contributed by atoms with E-state index in [4.69, 9.17) is 21.3 Å². The summed E-state index contributed by atoms with van der Waals surface area (Å²) in [5.41, 5.74) is 2.78. The third kappa shape index (κ3) is 5.43. The van der Waals surface area contributed by atoms with Gasteiger partial charge < -0.3 is 15.0 Å². The molecule has 1 fully saturated rings. The van der Waals surface area contributed by atoms with E-state index in [1.54, 1.807) is 34.8 Å². The van der Waals surface area contributed by atoms with Crippen molar-refractivity contribution in [1.82, 2.24) is 20.1 Å². The largest absolute Gasteiger partial charge is 0.490 e. The number of rotatable bonds is 6. The van der Waals surface area contributed by atoms with Crippen LogP contribution in [0.3, 0.4) is 0 Å². The summed E-state index contributed by atoms with van der Waals surface area (Å²) in [7, 11) is 0. The zero-order chi connectivity index (χ0) is 27.7. The Balaban J connectivity index is 1.70. The monoisotopic (exact) mass is 568 g/mol. The lowest BCUT2D eigenvalue weighted by molar-refractivity contribution is -0.384. The quantitative estimate of drug-likeness (QED) is 0.342. The van der Waals surface area contributed by atoms with Gasteiger partial charge in [0.25, 0.3) is 5.69 Å². The predicted molar refractivity (Wildman–Crippen MR) is 146 cm³/mol. The van der Waals surface area contributed by atoms with Gasteiger partial charge >= 0.3 is 6.03 Å². The summed E-state index contributed by atoms with van der Waals surface area (Å²) in [6.07, 6.45) is 1.40. The molecular weight excluding hydrogens is 544 g/mol. The van der Waals surface area contributed by atoms with Gasteiger partial charge in [-0.15, -0.1) is 11.3 Å². The number of hydrogen-bond acceptors (Lipinski definition) is 8. The van der Waals surface area contributed by atoms with Crippen LogP contribution < -0.4 is 10.1 Å². The molecule has 2 aromatic carbocycles. The highest BCUT2D eigenvalue weighted by molar-refractivity contribution is 7.09. The number of carbonyl (C=O) groups excluding carboxylic acids is 2. The summed E-state index contributed by atoms with van der Waals surface area (Å²) in [5.74, 6) is 0.261. The van der Waals surface area contributed by atoms with Crippen molar-refractivity contribution in [3.05, 3.63) is 85.3 Å². The van der Waals surface area contributed by atoms with Gasteiger partial charge in [0, 0.05) is 30.4 Å². The number of carbonyl (C=O) groups is 2. The van der Waals surface area contributed by atoms with E-state index in [1.807, 2.05) is 26.0 Å². The number of nitro groups is 1. The fourth-order valence-electron chi connectivity index (χ4n) is 4.63. The summed E-state index contributed by atoms with van der Waals surface area (Å²) in [6, 6.07) is 9.93. The zero-order valence-corrected chi connectivity index (χ0v) is 22.7.